The van der Waals surface area contributed by atoms with Gasteiger partial charge in [-0.05, 0) is 31.9 Å². The van der Waals surface area contributed by atoms with Crippen LogP contribution in [-0.2, 0) is 11.2 Å². The van der Waals surface area contributed by atoms with E-state index in [-0.39, 0.29) is 17.6 Å². The molecule has 4 heteroatoms. The van der Waals surface area contributed by atoms with E-state index in [2.05, 4.69) is 11.4 Å². The Morgan fingerprint density at radius 1 is 1.47 bits per heavy atom. The molecule has 19 heavy (non-hydrogen) atoms. The van der Waals surface area contributed by atoms with Gasteiger partial charge >= 0.3 is 0 Å². The summed E-state index contributed by atoms with van der Waals surface area (Å²) < 4.78 is 5.76. The van der Waals surface area contributed by atoms with Crippen molar-refractivity contribution in [3.8, 4) is 5.75 Å². The van der Waals surface area contributed by atoms with Crippen molar-refractivity contribution in [3.05, 3.63) is 29.8 Å². The molecule has 1 atom stereocenters. The smallest absolute Gasteiger partial charge is 0.220 e. The van der Waals surface area contributed by atoms with Gasteiger partial charge in [0.05, 0.1) is 6.54 Å². The molecule has 0 saturated heterocycles. The third-order valence-electron chi connectivity index (χ3n) is 3.24. The minimum Gasteiger partial charge on any atom is -0.488 e. The van der Waals surface area contributed by atoms with E-state index in [1.807, 2.05) is 32.0 Å². The van der Waals surface area contributed by atoms with Gasteiger partial charge in [0.15, 0.2) is 0 Å². The van der Waals surface area contributed by atoms with Crippen LogP contribution in [0.3, 0.4) is 0 Å². The fraction of sp³-hybridized carbons (Fsp3) is 0.533. The van der Waals surface area contributed by atoms with Gasteiger partial charge in [-0.15, -0.1) is 0 Å². The first kappa shape index (κ1) is 13.9. The number of fused-ring (bicyclic) bond motifs is 1. The van der Waals surface area contributed by atoms with Gasteiger partial charge in [-0.25, -0.2) is 0 Å². The standard InChI is InChI=1S/C15H22N2O2/c1-15(2,16)8-7-14(18)17-10-12-9-11-5-3-4-6-13(11)19-12/h3-6,12H,7-10,16H2,1-2H3,(H,17,18). The van der Waals surface area contributed by atoms with E-state index in [0.717, 1.165) is 12.2 Å². The molecule has 0 spiro atoms. The Morgan fingerprint density at radius 2 is 2.21 bits per heavy atom. The lowest BCUT2D eigenvalue weighted by Crippen LogP contribution is -2.37. The van der Waals surface area contributed by atoms with Crippen LogP contribution in [-0.4, -0.2) is 24.1 Å². The van der Waals surface area contributed by atoms with Crippen molar-refractivity contribution in [1.29, 1.82) is 0 Å². The summed E-state index contributed by atoms with van der Waals surface area (Å²) in [6.45, 7) is 4.41. The number of benzene rings is 1. The predicted octanol–water partition coefficient (Wildman–Crippen LogP) is 1.62. The zero-order chi connectivity index (χ0) is 13.9. The van der Waals surface area contributed by atoms with Gasteiger partial charge in [-0.2, -0.15) is 0 Å². The molecule has 3 N–H and O–H groups in total. The Bertz CT molecular complexity index is 427. The molecule has 0 bridgehead atoms. The molecule has 0 aromatic heterocycles. The Morgan fingerprint density at radius 3 is 2.89 bits per heavy atom. The van der Waals surface area contributed by atoms with Gasteiger partial charge in [0.2, 0.25) is 5.91 Å². The van der Waals surface area contributed by atoms with Crippen molar-refractivity contribution in [3.63, 3.8) is 0 Å². The Labute approximate surface area is 114 Å². The molecular weight excluding hydrogens is 240 g/mol. The van der Waals surface area contributed by atoms with Crippen molar-refractivity contribution in [2.24, 2.45) is 5.73 Å². The number of nitrogens with one attached hydrogen (secondary N) is 1. The van der Waals surface area contributed by atoms with Crippen LogP contribution in [0.25, 0.3) is 0 Å². The topological polar surface area (TPSA) is 64.4 Å². The van der Waals surface area contributed by atoms with Crippen molar-refractivity contribution in [2.45, 2.75) is 44.8 Å². The third kappa shape index (κ3) is 4.24. The average Bonchev–Trinajstić information content (AvgIpc) is 2.75. The van der Waals surface area contributed by atoms with E-state index in [1.54, 1.807) is 0 Å². The molecule has 0 aliphatic carbocycles. The first-order chi connectivity index (χ1) is 8.94. The summed E-state index contributed by atoms with van der Waals surface area (Å²) in [5.41, 5.74) is 6.77. The molecule has 2 rings (SSSR count). The maximum absolute atomic E-state index is 11.7. The lowest BCUT2D eigenvalue weighted by atomic mass is 10.00. The highest BCUT2D eigenvalue weighted by Gasteiger charge is 2.22. The summed E-state index contributed by atoms with van der Waals surface area (Å²) in [5.74, 6) is 0.975. The molecule has 4 nitrogen and oxygen atoms in total. The summed E-state index contributed by atoms with van der Waals surface area (Å²) in [6.07, 6.45) is 2.05. The molecule has 0 saturated carbocycles. The second kappa shape index (κ2) is 5.61. The number of carbonyl (C=O) groups excluding carboxylic acids is 1. The normalized spacial score (nSPS) is 17.7. The number of para-hydroxylation sites is 1. The van der Waals surface area contributed by atoms with E-state index >= 15 is 0 Å². The van der Waals surface area contributed by atoms with E-state index in [4.69, 9.17) is 10.5 Å². The van der Waals surface area contributed by atoms with Crippen LogP contribution < -0.4 is 15.8 Å². The molecular formula is C15H22N2O2. The number of amides is 1. The monoisotopic (exact) mass is 262 g/mol. The molecule has 1 heterocycles. The average molecular weight is 262 g/mol. The van der Waals surface area contributed by atoms with Crippen LogP contribution in [0.15, 0.2) is 24.3 Å². The van der Waals surface area contributed by atoms with E-state index in [1.165, 1.54) is 5.56 Å². The molecule has 0 fully saturated rings. The summed E-state index contributed by atoms with van der Waals surface area (Å²) in [6, 6.07) is 8.00. The summed E-state index contributed by atoms with van der Waals surface area (Å²) in [4.78, 5) is 11.7. The van der Waals surface area contributed by atoms with E-state index in [0.29, 0.717) is 19.4 Å². The van der Waals surface area contributed by atoms with E-state index < -0.39 is 0 Å². The maximum Gasteiger partial charge on any atom is 0.220 e. The van der Waals surface area contributed by atoms with E-state index in [9.17, 15) is 4.79 Å². The molecule has 1 aliphatic rings. The first-order valence-electron chi connectivity index (χ1n) is 6.74. The highest BCUT2D eigenvalue weighted by Crippen LogP contribution is 2.27. The van der Waals surface area contributed by atoms with Crippen LogP contribution in [0.4, 0.5) is 0 Å². The zero-order valence-corrected chi connectivity index (χ0v) is 11.6. The van der Waals surface area contributed by atoms with Gasteiger partial charge in [-0.3, -0.25) is 4.79 Å². The van der Waals surface area contributed by atoms with Gasteiger partial charge in [0, 0.05) is 18.4 Å². The maximum atomic E-state index is 11.7. The second-order valence-electron chi connectivity index (χ2n) is 5.84. The molecule has 1 aromatic rings. The number of rotatable bonds is 5. The van der Waals surface area contributed by atoms with Crippen LogP contribution in [0, 0.1) is 0 Å². The highest BCUT2D eigenvalue weighted by molar-refractivity contribution is 5.76. The zero-order valence-electron chi connectivity index (χ0n) is 11.6. The van der Waals surface area contributed by atoms with Crippen LogP contribution in [0.1, 0.15) is 32.3 Å². The fourth-order valence-electron chi connectivity index (χ4n) is 2.12. The number of carbonyl (C=O) groups is 1. The second-order valence-corrected chi connectivity index (χ2v) is 5.84. The minimum absolute atomic E-state index is 0.0399. The Hall–Kier alpha value is -1.55. The molecule has 1 aliphatic heterocycles. The van der Waals surface area contributed by atoms with Crippen LogP contribution in [0.5, 0.6) is 5.75 Å². The lowest BCUT2D eigenvalue weighted by Gasteiger charge is -2.18. The SMILES string of the molecule is CC(C)(N)CCC(=O)NCC1Cc2ccccc2O1. The highest BCUT2D eigenvalue weighted by atomic mass is 16.5. The summed E-state index contributed by atoms with van der Waals surface area (Å²) >= 11 is 0. The Kier molecular flexibility index (Phi) is 4.10. The van der Waals surface area contributed by atoms with Gasteiger partial charge in [-0.1, -0.05) is 18.2 Å². The van der Waals surface area contributed by atoms with Gasteiger partial charge in [0.1, 0.15) is 11.9 Å². The molecule has 1 unspecified atom stereocenters. The minimum atomic E-state index is -0.294. The summed E-state index contributed by atoms with van der Waals surface area (Å²) in [5, 5.41) is 2.91. The molecule has 104 valence electrons. The van der Waals surface area contributed by atoms with Crippen molar-refractivity contribution in [2.75, 3.05) is 6.54 Å². The molecule has 0 radical (unpaired) electrons. The fourth-order valence-corrected chi connectivity index (χ4v) is 2.12. The first-order valence-corrected chi connectivity index (χ1v) is 6.74. The lowest BCUT2D eigenvalue weighted by molar-refractivity contribution is -0.121. The predicted molar refractivity (Wildman–Crippen MR) is 75.1 cm³/mol. The van der Waals surface area contributed by atoms with Crippen LogP contribution in [0.2, 0.25) is 0 Å². The van der Waals surface area contributed by atoms with Crippen molar-refractivity contribution in [1.82, 2.24) is 5.32 Å². The van der Waals surface area contributed by atoms with Crippen LogP contribution >= 0.6 is 0 Å². The number of hydrogen-bond acceptors (Lipinski definition) is 3. The summed E-state index contributed by atoms with van der Waals surface area (Å²) in [7, 11) is 0. The largest absolute Gasteiger partial charge is 0.488 e. The van der Waals surface area contributed by atoms with Crippen molar-refractivity contribution >= 4 is 5.91 Å². The number of hydrogen-bond donors (Lipinski definition) is 2. The quantitative estimate of drug-likeness (QED) is 0.847. The molecule has 1 aromatic carbocycles. The number of ether oxygens (including phenoxy) is 1. The van der Waals surface area contributed by atoms with Gasteiger partial charge in [0.25, 0.3) is 0 Å². The van der Waals surface area contributed by atoms with Crippen molar-refractivity contribution < 1.29 is 9.53 Å². The number of nitrogens with two attached hydrogens (primary N) is 1. The Balaban J connectivity index is 1.72. The van der Waals surface area contributed by atoms with Gasteiger partial charge < -0.3 is 15.8 Å². The third-order valence-corrected chi connectivity index (χ3v) is 3.24. The molecule has 1 amide bonds.